The molecule has 0 amide bonds. The van der Waals surface area contributed by atoms with Gasteiger partial charge in [-0.3, -0.25) is 7.32 Å². The van der Waals surface area contributed by atoms with Gasteiger partial charge in [-0.2, -0.15) is 54.6 Å². The number of hydrogen-bond donors (Lipinski definition) is 0. The SMILES string of the molecule is C1=CC(c2ccccc2)(c2ccccc2)C(c2ccccc2)=C1c1ccccc1.C1=CC(c2ccccc2)(c2ccccc2)C(c2ccccc2)=C1c1ccccc1.C1=CC(c2ccccc2)(c2ccccc2)C(c2ccccc2)=C1c1ccccc1.[Fe+2].[Fe+2].[Fe+2].[O-]B([O-])[O-].c1cc[cH-]c1.c1cc[cH-]c1.c1cc[cH-]c1. The predicted octanol–water partition coefficient (Wildman–Crippen LogP) is 21.7. The van der Waals surface area contributed by atoms with Crippen LogP contribution in [0.1, 0.15) is 66.8 Å². The maximum atomic E-state index is 8.42. The molecule has 18 rings (SSSR count). The minimum atomic E-state index is -2.92. The molecule has 0 N–H and O–H groups in total. The van der Waals surface area contributed by atoms with Crippen LogP contribution in [0.2, 0.25) is 0 Å². The van der Waals surface area contributed by atoms with E-state index in [2.05, 4.69) is 400 Å². The van der Waals surface area contributed by atoms with Crippen LogP contribution < -0.4 is 15.1 Å². The Hall–Kier alpha value is -11.4. The molecule has 3 nitrogen and oxygen atoms in total. The normalized spacial score (nSPS) is 13.2. The minimum absolute atomic E-state index is 0. The molecule has 0 bridgehead atoms. The van der Waals surface area contributed by atoms with Gasteiger partial charge in [-0.25, -0.2) is 36.4 Å². The molecule has 0 aliphatic heterocycles. The molecule has 0 heterocycles. The van der Waals surface area contributed by atoms with Crippen molar-refractivity contribution in [3.05, 3.63) is 558 Å². The zero-order valence-corrected chi connectivity index (χ0v) is 63.4. The molecule has 3 aliphatic carbocycles. The molecule has 0 aromatic heterocycles. The molecule has 0 spiro atoms. The van der Waals surface area contributed by atoms with Gasteiger partial charge in [0.05, 0.1) is 16.2 Å². The Morgan fingerprint density at radius 3 is 0.459 bits per heavy atom. The number of benzene rings is 12. The molecule has 109 heavy (non-hydrogen) atoms. The fourth-order valence-corrected chi connectivity index (χ4v) is 14.4. The van der Waals surface area contributed by atoms with E-state index in [9.17, 15) is 0 Å². The van der Waals surface area contributed by atoms with E-state index >= 15 is 0 Å². The standard InChI is InChI=1S/3C29H22.3C5H5.BO3.3Fe/c3*1-5-13-23(14-6-1)27-21-22-29(25-17-9-3-10-18-25,26-19-11-4-12-20-26)28(27)24-15-7-2-8-16-24;3*1-2-4-5-3-1;2-1(3)4;;;/h3*1-22H;3*1-5H;;;;/q;;;3*-1;-3;3*+2. The third-order valence-electron chi connectivity index (χ3n) is 19.0. The largest absolute Gasteiger partial charge is 2.00 e. The topological polar surface area (TPSA) is 69.2 Å². The van der Waals surface area contributed by atoms with Crippen LogP contribution in [0, 0.1) is 0 Å². The third kappa shape index (κ3) is 20.1. The van der Waals surface area contributed by atoms with Crippen molar-refractivity contribution in [3.8, 4) is 0 Å². The average Bonchev–Trinajstić information content (AvgIpc) is 1.62. The van der Waals surface area contributed by atoms with E-state index in [1.165, 1.54) is 100 Å². The van der Waals surface area contributed by atoms with Crippen LogP contribution in [0.25, 0.3) is 33.4 Å². The zero-order chi connectivity index (χ0) is 72.7. The quantitative estimate of drug-likeness (QED) is 0.0904. The average molecular weight is 1530 g/mol. The fraction of sp³-hybridized carbons (Fsp3) is 0.0294. The molecule has 3 aliphatic rings. The van der Waals surface area contributed by atoms with Crippen LogP contribution in [0.15, 0.2) is 491 Å². The summed E-state index contributed by atoms with van der Waals surface area (Å²) in [7, 11) is -2.92. The van der Waals surface area contributed by atoms with Gasteiger partial charge in [-0.1, -0.05) is 400 Å². The predicted molar refractivity (Wildman–Crippen MR) is 439 cm³/mol. The molecule has 15 aromatic carbocycles. The first-order chi connectivity index (χ1) is 52.4. The third-order valence-corrected chi connectivity index (χ3v) is 19.0. The van der Waals surface area contributed by atoms with Crippen molar-refractivity contribution >= 4 is 40.8 Å². The van der Waals surface area contributed by atoms with E-state index in [4.69, 9.17) is 15.1 Å². The second-order valence-corrected chi connectivity index (χ2v) is 25.4. The monoisotopic (exact) mass is 1530 g/mol. The summed E-state index contributed by atoms with van der Waals surface area (Å²) in [5.41, 5.74) is 22.1. The first kappa shape index (κ1) is 81.7. The number of rotatable bonds is 12. The van der Waals surface area contributed by atoms with Crippen LogP contribution in [0.3, 0.4) is 0 Å². The summed E-state index contributed by atoms with van der Waals surface area (Å²) in [6, 6.07) is 160. The van der Waals surface area contributed by atoms with E-state index < -0.39 is 7.32 Å². The summed E-state index contributed by atoms with van der Waals surface area (Å²) in [6.07, 6.45) is 14.0. The Labute approximate surface area is 676 Å². The number of hydrogen-bond acceptors (Lipinski definition) is 3. The molecular formula is C102H81BFe3O3. The molecule has 0 fully saturated rings. The van der Waals surface area contributed by atoms with E-state index in [0.29, 0.717) is 0 Å². The van der Waals surface area contributed by atoms with Crippen LogP contribution in [0.5, 0.6) is 0 Å². The molecule has 0 saturated carbocycles. The van der Waals surface area contributed by atoms with Crippen molar-refractivity contribution < 1.29 is 66.3 Å². The summed E-state index contributed by atoms with van der Waals surface area (Å²) >= 11 is 0. The van der Waals surface area contributed by atoms with Gasteiger partial charge in [0.1, 0.15) is 0 Å². The molecular weight excluding hydrogens is 1450 g/mol. The van der Waals surface area contributed by atoms with Gasteiger partial charge >= 0.3 is 51.2 Å². The Morgan fingerprint density at radius 1 is 0.183 bits per heavy atom. The smallest absolute Gasteiger partial charge is 0.907 e. The molecule has 0 radical (unpaired) electrons. The van der Waals surface area contributed by atoms with Gasteiger partial charge in [-0.15, -0.1) is 0 Å². The van der Waals surface area contributed by atoms with Gasteiger partial charge in [0.15, 0.2) is 0 Å². The van der Waals surface area contributed by atoms with Crippen LogP contribution in [-0.2, 0) is 67.5 Å². The van der Waals surface area contributed by atoms with Crippen molar-refractivity contribution in [2.24, 2.45) is 0 Å². The Kier molecular flexibility index (Phi) is 31.7. The van der Waals surface area contributed by atoms with E-state index in [-0.39, 0.29) is 67.5 Å². The van der Waals surface area contributed by atoms with Crippen LogP contribution >= 0.6 is 0 Å². The van der Waals surface area contributed by atoms with Crippen molar-refractivity contribution in [2.75, 3.05) is 0 Å². The summed E-state index contributed by atoms with van der Waals surface area (Å²) < 4.78 is 0. The van der Waals surface area contributed by atoms with Crippen molar-refractivity contribution in [2.45, 2.75) is 16.2 Å². The van der Waals surface area contributed by atoms with Gasteiger partial charge in [-0.05, 0) is 100 Å². The van der Waals surface area contributed by atoms with Crippen LogP contribution in [-0.4, -0.2) is 7.32 Å². The molecule has 0 unspecified atom stereocenters. The second kappa shape index (κ2) is 42.2. The Morgan fingerprint density at radius 2 is 0.321 bits per heavy atom. The maximum Gasteiger partial charge on any atom is 2.00 e. The Bertz CT molecular complexity index is 4480. The van der Waals surface area contributed by atoms with E-state index in [1.54, 1.807) is 0 Å². The van der Waals surface area contributed by atoms with Gasteiger partial charge < -0.3 is 15.1 Å². The Balaban J connectivity index is 0.000000165. The summed E-state index contributed by atoms with van der Waals surface area (Å²) in [6.45, 7) is 0. The zero-order valence-electron chi connectivity index (χ0n) is 60.1. The summed E-state index contributed by atoms with van der Waals surface area (Å²) in [4.78, 5) is 0. The van der Waals surface area contributed by atoms with Crippen molar-refractivity contribution in [1.82, 2.24) is 0 Å². The first-order valence-electron chi connectivity index (χ1n) is 35.9. The second-order valence-electron chi connectivity index (χ2n) is 25.4. The van der Waals surface area contributed by atoms with E-state index in [1.807, 2.05) is 91.0 Å². The molecule has 0 atom stereocenters. The molecule has 7 heteroatoms. The molecule has 534 valence electrons. The summed E-state index contributed by atoms with van der Waals surface area (Å²) in [5.74, 6) is 0. The fourth-order valence-electron chi connectivity index (χ4n) is 14.4. The van der Waals surface area contributed by atoms with Gasteiger partial charge in [0, 0.05) is 0 Å². The minimum Gasteiger partial charge on any atom is -0.907 e. The maximum absolute atomic E-state index is 8.42. The summed E-state index contributed by atoms with van der Waals surface area (Å²) in [5, 5.41) is 25.2. The van der Waals surface area contributed by atoms with Crippen molar-refractivity contribution in [3.63, 3.8) is 0 Å². The molecule has 15 aromatic rings. The first-order valence-corrected chi connectivity index (χ1v) is 35.9. The molecule has 0 saturated heterocycles. The van der Waals surface area contributed by atoms with Crippen molar-refractivity contribution in [1.29, 1.82) is 0 Å². The number of allylic oxidation sites excluding steroid dienone is 12. The van der Waals surface area contributed by atoms with Gasteiger partial charge in [0.2, 0.25) is 0 Å². The van der Waals surface area contributed by atoms with E-state index in [0.717, 1.165) is 0 Å². The van der Waals surface area contributed by atoms with Gasteiger partial charge in [0.25, 0.3) is 0 Å². The van der Waals surface area contributed by atoms with Crippen LogP contribution in [0.4, 0.5) is 0 Å².